The molecule has 0 atom stereocenters. The van der Waals surface area contributed by atoms with Gasteiger partial charge in [-0.2, -0.15) is 0 Å². The van der Waals surface area contributed by atoms with Gasteiger partial charge in [0.1, 0.15) is 5.75 Å². The van der Waals surface area contributed by atoms with Gasteiger partial charge in [-0.25, -0.2) is 4.98 Å². The normalized spacial score (nSPS) is 13.6. The first-order valence-electron chi connectivity index (χ1n) is 7.40. The van der Waals surface area contributed by atoms with Crippen molar-refractivity contribution in [1.29, 1.82) is 0 Å². The van der Waals surface area contributed by atoms with Crippen molar-refractivity contribution in [2.75, 3.05) is 12.5 Å². The second-order valence-electron chi connectivity index (χ2n) is 5.41. The van der Waals surface area contributed by atoms with Crippen LogP contribution in [-0.4, -0.2) is 11.8 Å². The Bertz CT molecular complexity index is 867. The Labute approximate surface area is 138 Å². The van der Waals surface area contributed by atoms with Gasteiger partial charge in [-0.05, 0) is 24.3 Å². The average molecular weight is 324 g/mol. The highest BCUT2D eigenvalue weighted by atomic mass is 32.2. The molecule has 3 aromatic rings. The summed E-state index contributed by atoms with van der Waals surface area (Å²) in [6, 6.07) is 16.2. The molecule has 2 heterocycles. The number of nitrogen functional groups attached to an aromatic ring is 1. The minimum absolute atomic E-state index is 0.294. The molecule has 1 aromatic heterocycles. The summed E-state index contributed by atoms with van der Waals surface area (Å²) in [5.41, 5.74) is 9.84. The van der Waals surface area contributed by atoms with E-state index in [1.165, 1.54) is 0 Å². The van der Waals surface area contributed by atoms with Gasteiger partial charge in [0.25, 0.3) is 0 Å². The van der Waals surface area contributed by atoms with Crippen molar-refractivity contribution in [1.82, 2.24) is 4.98 Å². The molecule has 0 amide bonds. The number of aromatic nitrogens is 1. The molecule has 4 nitrogen and oxygen atoms in total. The van der Waals surface area contributed by atoms with E-state index in [0.29, 0.717) is 13.4 Å². The lowest BCUT2D eigenvalue weighted by Crippen LogP contribution is -2.13. The number of nitrogens with zero attached hydrogens (tertiary/aromatic N) is 1. The Morgan fingerprint density at radius 1 is 1.13 bits per heavy atom. The van der Waals surface area contributed by atoms with Gasteiger partial charge in [-0.3, -0.25) is 0 Å². The van der Waals surface area contributed by atoms with Crippen LogP contribution in [0.3, 0.4) is 0 Å². The molecule has 1 aliphatic rings. The Morgan fingerprint density at radius 3 is 3.00 bits per heavy atom. The van der Waals surface area contributed by atoms with Crippen molar-refractivity contribution in [3.05, 3.63) is 59.7 Å². The molecule has 1 aliphatic heterocycles. The van der Waals surface area contributed by atoms with Crippen molar-refractivity contribution in [3.8, 4) is 5.75 Å². The topological polar surface area (TPSA) is 57.4 Å². The van der Waals surface area contributed by atoms with E-state index in [9.17, 15) is 0 Å². The van der Waals surface area contributed by atoms with Crippen LogP contribution in [-0.2, 0) is 17.1 Å². The maximum absolute atomic E-state index is 5.99. The van der Waals surface area contributed by atoms with Gasteiger partial charge in [0.15, 0.2) is 6.79 Å². The molecular formula is C18H16N2O2S. The third-order valence-electron chi connectivity index (χ3n) is 3.76. The Kier molecular flexibility index (Phi) is 3.81. The molecule has 0 spiro atoms. The van der Waals surface area contributed by atoms with E-state index in [-0.39, 0.29) is 0 Å². The maximum atomic E-state index is 5.99. The van der Waals surface area contributed by atoms with E-state index >= 15 is 0 Å². The zero-order chi connectivity index (χ0) is 15.6. The number of thioether (sulfide) groups is 1. The molecular weight excluding hydrogens is 308 g/mol. The van der Waals surface area contributed by atoms with Gasteiger partial charge in [0.05, 0.1) is 17.1 Å². The summed E-state index contributed by atoms with van der Waals surface area (Å²) in [6.45, 7) is 0.842. The molecule has 0 aliphatic carbocycles. The van der Waals surface area contributed by atoms with Crippen LogP contribution < -0.4 is 10.5 Å². The summed E-state index contributed by atoms with van der Waals surface area (Å²) in [5, 5.41) is 2.14. The fourth-order valence-electron chi connectivity index (χ4n) is 2.71. The SMILES string of the molecule is Nc1cc2c(c(CSc3ccc4ccccc4n3)c1)OCOC2. The van der Waals surface area contributed by atoms with Crippen LogP contribution in [0.1, 0.15) is 11.1 Å². The Balaban J connectivity index is 1.59. The Morgan fingerprint density at radius 2 is 2.04 bits per heavy atom. The highest BCUT2D eigenvalue weighted by Crippen LogP contribution is 2.34. The van der Waals surface area contributed by atoms with E-state index < -0.39 is 0 Å². The second kappa shape index (κ2) is 6.10. The molecule has 2 aromatic carbocycles. The van der Waals surface area contributed by atoms with Crippen molar-refractivity contribution >= 4 is 28.4 Å². The van der Waals surface area contributed by atoms with Gasteiger partial charge in [0, 0.05) is 28.0 Å². The van der Waals surface area contributed by atoms with Crippen molar-refractivity contribution in [2.24, 2.45) is 0 Å². The van der Waals surface area contributed by atoms with Gasteiger partial charge in [0.2, 0.25) is 0 Å². The molecule has 0 fully saturated rings. The predicted octanol–water partition coefficient (Wildman–Crippen LogP) is 3.98. The van der Waals surface area contributed by atoms with Crippen LogP contribution in [0.5, 0.6) is 5.75 Å². The average Bonchev–Trinajstić information content (AvgIpc) is 2.59. The highest BCUT2D eigenvalue weighted by molar-refractivity contribution is 7.98. The van der Waals surface area contributed by atoms with Crippen molar-refractivity contribution in [3.63, 3.8) is 0 Å². The standard InChI is InChI=1S/C18H16N2O2S/c19-15-7-13-9-21-11-22-18(13)14(8-15)10-23-17-6-5-12-3-1-2-4-16(12)20-17/h1-8H,9-11,19H2. The summed E-state index contributed by atoms with van der Waals surface area (Å²) < 4.78 is 11.0. The number of para-hydroxylation sites is 1. The molecule has 23 heavy (non-hydrogen) atoms. The number of nitrogens with two attached hydrogens (primary N) is 1. The molecule has 0 unspecified atom stereocenters. The van der Waals surface area contributed by atoms with Crippen LogP contribution in [0.4, 0.5) is 5.69 Å². The van der Waals surface area contributed by atoms with Gasteiger partial charge in [-0.1, -0.05) is 24.3 Å². The monoisotopic (exact) mass is 324 g/mol. The predicted molar refractivity (Wildman–Crippen MR) is 92.4 cm³/mol. The number of benzene rings is 2. The number of ether oxygens (including phenoxy) is 2. The zero-order valence-corrected chi connectivity index (χ0v) is 13.3. The van der Waals surface area contributed by atoms with E-state index in [1.807, 2.05) is 30.3 Å². The number of anilines is 1. The zero-order valence-electron chi connectivity index (χ0n) is 12.5. The molecule has 2 N–H and O–H groups in total. The molecule has 5 heteroatoms. The number of fused-ring (bicyclic) bond motifs is 2. The fraction of sp³-hybridized carbons (Fsp3) is 0.167. The third-order valence-corrected chi connectivity index (χ3v) is 4.74. The first-order valence-corrected chi connectivity index (χ1v) is 8.38. The third kappa shape index (κ3) is 2.98. The number of rotatable bonds is 3. The summed E-state index contributed by atoms with van der Waals surface area (Å²) >= 11 is 1.68. The quantitative estimate of drug-likeness (QED) is 0.583. The van der Waals surface area contributed by atoms with E-state index in [1.54, 1.807) is 11.8 Å². The summed E-state index contributed by atoms with van der Waals surface area (Å²) in [6.07, 6.45) is 0. The van der Waals surface area contributed by atoms with Crippen LogP contribution >= 0.6 is 11.8 Å². The highest BCUT2D eigenvalue weighted by Gasteiger charge is 2.16. The maximum Gasteiger partial charge on any atom is 0.189 e. The summed E-state index contributed by atoms with van der Waals surface area (Å²) in [5.74, 6) is 1.66. The number of hydrogen-bond acceptors (Lipinski definition) is 5. The first-order chi connectivity index (χ1) is 11.3. The lowest BCUT2D eigenvalue weighted by atomic mass is 10.1. The Hall–Kier alpha value is -2.24. The summed E-state index contributed by atoms with van der Waals surface area (Å²) in [7, 11) is 0. The minimum atomic E-state index is 0.294. The van der Waals surface area contributed by atoms with Crippen LogP contribution in [0.15, 0.2) is 53.6 Å². The molecule has 0 bridgehead atoms. The van der Waals surface area contributed by atoms with E-state index in [4.69, 9.17) is 20.2 Å². The molecule has 0 saturated carbocycles. The van der Waals surface area contributed by atoms with Crippen LogP contribution in [0, 0.1) is 0 Å². The molecule has 0 saturated heterocycles. The lowest BCUT2D eigenvalue weighted by molar-refractivity contribution is -0.0168. The molecule has 4 rings (SSSR count). The first kappa shape index (κ1) is 14.4. The van der Waals surface area contributed by atoms with E-state index in [0.717, 1.165) is 44.2 Å². The number of pyridine rings is 1. The molecule has 116 valence electrons. The summed E-state index contributed by atoms with van der Waals surface area (Å²) in [4.78, 5) is 4.69. The number of hydrogen-bond donors (Lipinski definition) is 1. The van der Waals surface area contributed by atoms with Gasteiger partial charge < -0.3 is 15.2 Å². The van der Waals surface area contributed by atoms with Crippen LogP contribution in [0.25, 0.3) is 10.9 Å². The smallest absolute Gasteiger partial charge is 0.189 e. The van der Waals surface area contributed by atoms with Gasteiger partial charge >= 0.3 is 0 Å². The minimum Gasteiger partial charge on any atom is -0.467 e. The van der Waals surface area contributed by atoms with Crippen molar-refractivity contribution < 1.29 is 9.47 Å². The molecule has 0 radical (unpaired) electrons. The van der Waals surface area contributed by atoms with E-state index in [2.05, 4.69) is 18.2 Å². The largest absolute Gasteiger partial charge is 0.467 e. The fourth-order valence-corrected chi connectivity index (χ4v) is 3.56. The van der Waals surface area contributed by atoms with Crippen molar-refractivity contribution in [2.45, 2.75) is 17.4 Å². The lowest BCUT2D eigenvalue weighted by Gasteiger charge is -2.21. The van der Waals surface area contributed by atoms with Crippen LogP contribution in [0.2, 0.25) is 0 Å². The second-order valence-corrected chi connectivity index (χ2v) is 6.41. The van der Waals surface area contributed by atoms with Gasteiger partial charge in [-0.15, -0.1) is 11.8 Å².